The van der Waals surface area contributed by atoms with Crippen LogP contribution in [0.15, 0.2) is 42.5 Å². The van der Waals surface area contributed by atoms with Gasteiger partial charge in [0.15, 0.2) is 0 Å². The van der Waals surface area contributed by atoms with E-state index in [9.17, 15) is 4.79 Å². The molecule has 2 heterocycles. The third-order valence-corrected chi connectivity index (χ3v) is 4.57. The Kier molecular flexibility index (Phi) is 5.66. The SMILES string of the molecule is Cc1cccc(N2CCN(CCNC(=O)c3cccc(C)n3)CC2)c1. The monoisotopic (exact) mass is 338 g/mol. The number of hydrogen-bond acceptors (Lipinski definition) is 4. The molecule has 3 rings (SSSR count). The summed E-state index contributed by atoms with van der Waals surface area (Å²) < 4.78 is 0. The number of carbonyl (C=O) groups excluding carboxylic acids is 1. The molecule has 0 saturated carbocycles. The van der Waals surface area contributed by atoms with Crippen molar-refractivity contribution in [3.63, 3.8) is 0 Å². The summed E-state index contributed by atoms with van der Waals surface area (Å²) >= 11 is 0. The number of hydrogen-bond donors (Lipinski definition) is 1. The van der Waals surface area contributed by atoms with Crippen LogP contribution in [-0.2, 0) is 0 Å². The summed E-state index contributed by atoms with van der Waals surface area (Å²) in [5.74, 6) is -0.0953. The lowest BCUT2D eigenvalue weighted by Gasteiger charge is -2.36. The quantitative estimate of drug-likeness (QED) is 0.908. The number of carbonyl (C=O) groups is 1. The molecule has 0 spiro atoms. The van der Waals surface area contributed by atoms with Gasteiger partial charge in [0, 0.05) is 50.6 Å². The Morgan fingerprint density at radius 3 is 2.56 bits per heavy atom. The lowest BCUT2D eigenvalue weighted by atomic mass is 10.2. The molecule has 5 heteroatoms. The molecule has 132 valence electrons. The zero-order valence-electron chi connectivity index (χ0n) is 15.0. The first-order valence-corrected chi connectivity index (χ1v) is 8.88. The molecule has 0 unspecified atom stereocenters. The number of anilines is 1. The molecule has 1 fully saturated rings. The highest BCUT2D eigenvalue weighted by Crippen LogP contribution is 2.17. The van der Waals surface area contributed by atoms with Gasteiger partial charge in [0.2, 0.25) is 0 Å². The van der Waals surface area contributed by atoms with E-state index in [1.54, 1.807) is 6.07 Å². The molecule has 1 amide bonds. The zero-order chi connectivity index (χ0) is 17.6. The van der Waals surface area contributed by atoms with E-state index in [0.717, 1.165) is 38.4 Å². The highest BCUT2D eigenvalue weighted by Gasteiger charge is 2.17. The van der Waals surface area contributed by atoms with Gasteiger partial charge in [-0.05, 0) is 43.7 Å². The number of nitrogens with one attached hydrogen (secondary N) is 1. The average molecular weight is 338 g/mol. The summed E-state index contributed by atoms with van der Waals surface area (Å²) in [4.78, 5) is 21.2. The third-order valence-electron chi connectivity index (χ3n) is 4.57. The van der Waals surface area contributed by atoms with Gasteiger partial charge in [0.05, 0.1) is 0 Å². The van der Waals surface area contributed by atoms with Crippen molar-refractivity contribution in [3.05, 3.63) is 59.4 Å². The van der Waals surface area contributed by atoms with Crippen molar-refractivity contribution in [2.24, 2.45) is 0 Å². The molecule has 1 saturated heterocycles. The molecule has 2 aromatic rings. The highest BCUT2D eigenvalue weighted by atomic mass is 16.1. The molecule has 1 aliphatic rings. The van der Waals surface area contributed by atoms with Crippen molar-refractivity contribution in [1.82, 2.24) is 15.2 Å². The number of amides is 1. The number of pyridine rings is 1. The van der Waals surface area contributed by atoms with Crippen molar-refractivity contribution in [2.75, 3.05) is 44.2 Å². The van der Waals surface area contributed by atoms with E-state index in [-0.39, 0.29) is 5.91 Å². The number of piperazine rings is 1. The van der Waals surface area contributed by atoms with Gasteiger partial charge in [0.1, 0.15) is 5.69 Å². The smallest absolute Gasteiger partial charge is 0.269 e. The fourth-order valence-corrected chi connectivity index (χ4v) is 3.14. The van der Waals surface area contributed by atoms with Crippen molar-refractivity contribution >= 4 is 11.6 Å². The molecule has 0 radical (unpaired) electrons. The fraction of sp³-hybridized carbons (Fsp3) is 0.400. The molecule has 0 aliphatic carbocycles. The van der Waals surface area contributed by atoms with Crippen molar-refractivity contribution in [3.8, 4) is 0 Å². The number of benzene rings is 1. The fourth-order valence-electron chi connectivity index (χ4n) is 3.14. The number of nitrogens with zero attached hydrogens (tertiary/aromatic N) is 3. The average Bonchev–Trinajstić information content (AvgIpc) is 2.62. The largest absolute Gasteiger partial charge is 0.369 e. The molecule has 1 aliphatic heterocycles. The second-order valence-corrected chi connectivity index (χ2v) is 6.59. The Bertz CT molecular complexity index is 723. The van der Waals surface area contributed by atoms with Gasteiger partial charge in [-0.1, -0.05) is 18.2 Å². The second kappa shape index (κ2) is 8.12. The summed E-state index contributed by atoms with van der Waals surface area (Å²) in [6.45, 7) is 9.64. The molecule has 1 aromatic heterocycles. The van der Waals surface area contributed by atoms with Crippen LogP contribution in [0.3, 0.4) is 0 Å². The Hall–Kier alpha value is -2.40. The minimum absolute atomic E-state index is 0.0953. The van der Waals surface area contributed by atoms with E-state index in [1.807, 2.05) is 19.1 Å². The van der Waals surface area contributed by atoms with Crippen molar-refractivity contribution in [2.45, 2.75) is 13.8 Å². The van der Waals surface area contributed by atoms with Crippen LogP contribution in [0.2, 0.25) is 0 Å². The van der Waals surface area contributed by atoms with Crippen LogP contribution in [0.1, 0.15) is 21.7 Å². The summed E-state index contributed by atoms with van der Waals surface area (Å²) in [6.07, 6.45) is 0. The number of rotatable bonds is 5. The maximum atomic E-state index is 12.1. The maximum absolute atomic E-state index is 12.1. The van der Waals surface area contributed by atoms with Gasteiger partial charge < -0.3 is 10.2 Å². The Labute approximate surface area is 149 Å². The van der Waals surface area contributed by atoms with E-state index in [1.165, 1.54) is 11.3 Å². The van der Waals surface area contributed by atoms with Crippen LogP contribution in [-0.4, -0.2) is 55.1 Å². The number of aromatic nitrogens is 1. The van der Waals surface area contributed by atoms with Gasteiger partial charge in [-0.25, -0.2) is 4.98 Å². The third kappa shape index (κ3) is 4.79. The van der Waals surface area contributed by atoms with E-state index >= 15 is 0 Å². The molecule has 25 heavy (non-hydrogen) atoms. The molecule has 1 aromatic carbocycles. The predicted octanol–water partition coefficient (Wildman–Crippen LogP) is 2.25. The molecular formula is C20H26N4O. The highest BCUT2D eigenvalue weighted by molar-refractivity contribution is 5.92. The van der Waals surface area contributed by atoms with Gasteiger partial charge in [-0.3, -0.25) is 9.69 Å². The van der Waals surface area contributed by atoms with Crippen LogP contribution < -0.4 is 10.2 Å². The first-order chi connectivity index (χ1) is 12.1. The van der Waals surface area contributed by atoms with E-state index < -0.39 is 0 Å². The second-order valence-electron chi connectivity index (χ2n) is 6.59. The number of aryl methyl sites for hydroxylation is 2. The molecule has 1 N–H and O–H groups in total. The minimum Gasteiger partial charge on any atom is -0.369 e. The minimum atomic E-state index is -0.0953. The zero-order valence-corrected chi connectivity index (χ0v) is 15.0. The van der Waals surface area contributed by atoms with Crippen LogP contribution in [0.5, 0.6) is 0 Å². The summed E-state index contributed by atoms with van der Waals surface area (Å²) in [6, 6.07) is 14.2. The van der Waals surface area contributed by atoms with Crippen LogP contribution in [0, 0.1) is 13.8 Å². The molecular weight excluding hydrogens is 312 g/mol. The van der Waals surface area contributed by atoms with Crippen molar-refractivity contribution < 1.29 is 4.79 Å². The normalized spacial score (nSPS) is 15.2. The summed E-state index contributed by atoms with van der Waals surface area (Å²) in [5, 5.41) is 2.97. The van der Waals surface area contributed by atoms with Gasteiger partial charge >= 0.3 is 0 Å². The van der Waals surface area contributed by atoms with Crippen LogP contribution in [0.25, 0.3) is 0 Å². The Balaban J connectivity index is 1.41. The van der Waals surface area contributed by atoms with Gasteiger partial charge in [-0.15, -0.1) is 0 Å². The van der Waals surface area contributed by atoms with E-state index in [2.05, 4.69) is 51.3 Å². The van der Waals surface area contributed by atoms with E-state index in [4.69, 9.17) is 0 Å². The van der Waals surface area contributed by atoms with Crippen molar-refractivity contribution in [1.29, 1.82) is 0 Å². The summed E-state index contributed by atoms with van der Waals surface area (Å²) in [5.41, 5.74) is 3.95. The maximum Gasteiger partial charge on any atom is 0.269 e. The predicted molar refractivity (Wildman–Crippen MR) is 101 cm³/mol. The van der Waals surface area contributed by atoms with E-state index in [0.29, 0.717) is 12.2 Å². The molecule has 0 atom stereocenters. The first-order valence-electron chi connectivity index (χ1n) is 8.88. The lowest BCUT2D eigenvalue weighted by Crippen LogP contribution is -2.48. The van der Waals surface area contributed by atoms with Crippen LogP contribution >= 0.6 is 0 Å². The topological polar surface area (TPSA) is 48.5 Å². The summed E-state index contributed by atoms with van der Waals surface area (Å²) in [7, 11) is 0. The molecule has 0 bridgehead atoms. The van der Waals surface area contributed by atoms with Crippen LogP contribution in [0.4, 0.5) is 5.69 Å². The van der Waals surface area contributed by atoms with Gasteiger partial charge in [0.25, 0.3) is 5.91 Å². The first kappa shape index (κ1) is 17.4. The van der Waals surface area contributed by atoms with Gasteiger partial charge in [-0.2, -0.15) is 0 Å². The Morgan fingerprint density at radius 2 is 1.84 bits per heavy atom. The Morgan fingerprint density at radius 1 is 1.08 bits per heavy atom. The molecule has 5 nitrogen and oxygen atoms in total. The lowest BCUT2D eigenvalue weighted by molar-refractivity contribution is 0.0942. The standard InChI is InChI=1S/C20H26N4O/c1-16-5-3-7-18(15-16)24-13-11-23(12-14-24)10-9-21-20(25)19-8-4-6-17(2)22-19/h3-8,15H,9-14H2,1-2H3,(H,21,25).